The Morgan fingerprint density at radius 2 is 1.65 bits per heavy atom. The zero-order valence-corrected chi connectivity index (χ0v) is 16.8. The Balaban J connectivity index is 1.45. The Labute approximate surface area is 179 Å². The number of hydrazone groups is 1. The molecule has 31 heavy (non-hydrogen) atoms. The molecule has 7 heteroatoms. The first-order chi connectivity index (χ1) is 15.1. The molecule has 0 aliphatic carbocycles. The van der Waals surface area contributed by atoms with Crippen LogP contribution >= 0.6 is 0 Å². The molecular weight excluding hydrogens is 397 g/mol. The Morgan fingerprint density at radius 3 is 2.45 bits per heavy atom. The minimum atomic E-state index is -0.609. The van der Waals surface area contributed by atoms with Gasteiger partial charge in [-0.3, -0.25) is 9.59 Å². The fourth-order valence-electron chi connectivity index (χ4n) is 2.71. The van der Waals surface area contributed by atoms with E-state index in [1.165, 1.54) is 24.4 Å². The average Bonchev–Trinajstić information content (AvgIpc) is 2.79. The summed E-state index contributed by atoms with van der Waals surface area (Å²) in [6, 6.07) is 22.8. The SMILES string of the molecule is O=C(CCNC(=O)c1ccccc1F)NN=Cc1ccccc1OCc1ccccc1. The summed E-state index contributed by atoms with van der Waals surface area (Å²) < 4.78 is 19.4. The van der Waals surface area contributed by atoms with Crippen molar-refractivity contribution in [3.05, 3.63) is 101 Å². The second kappa shape index (κ2) is 11.3. The zero-order chi connectivity index (χ0) is 21.9. The molecule has 0 unspecified atom stereocenters. The second-order valence-corrected chi connectivity index (χ2v) is 6.59. The summed E-state index contributed by atoms with van der Waals surface area (Å²) >= 11 is 0. The Morgan fingerprint density at radius 1 is 0.935 bits per heavy atom. The number of hydrogen-bond acceptors (Lipinski definition) is 4. The molecule has 0 bridgehead atoms. The molecule has 2 N–H and O–H groups in total. The van der Waals surface area contributed by atoms with Crippen LogP contribution in [0.15, 0.2) is 84.0 Å². The number of ether oxygens (including phenoxy) is 1. The molecule has 0 saturated heterocycles. The quantitative estimate of drug-likeness (QED) is 0.410. The van der Waals surface area contributed by atoms with Crippen LogP contribution in [0, 0.1) is 5.82 Å². The number of hydrogen-bond donors (Lipinski definition) is 2. The molecule has 0 aromatic heterocycles. The van der Waals surface area contributed by atoms with Gasteiger partial charge in [0, 0.05) is 18.5 Å². The maximum absolute atomic E-state index is 13.6. The molecule has 0 radical (unpaired) electrons. The summed E-state index contributed by atoms with van der Waals surface area (Å²) in [6.45, 7) is 0.477. The van der Waals surface area contributed by atoms with E-state index < -0.39 is 11.7 Å². The molecule has 3 rings (SSSR count). The van der Waals surface area contributed by atoms with Gasteiger partial charge in [-0.25, -0.2) is 9.82 Å². The Kier molecular flexibility index (Phi) is 7.88. The average molecular weight is 419 g/mol. The van der Waals surface area contributed by atoms with Crippen molar-refractivity contribution >= 4 is 18.0 Å². The van der Waals surface area contributed by atoms with Gasteiger partial charge in [0.25, 0.3) is 5.91 Å². The van der Waals surface area contributed by atoms with Gasteiger partial charge in [-0.15, -0.1) is 0 Å². The van der Waals surface area contributed by atoms with Crippen molar-refractivity contribution in [2.45, 2.75) is 13.0 Å². The molecule has 6 nitrogen and oxygen atoms in total. The number of para-hydroxylation sites is 1. The lowest BCUT2D eigenvalue weighted by Crippen LogP contribution is -2.29. The van der Waals surface area contributed by atoms with Crippen molar-refractivity contribution in [1.29, 1.82) is 0 Å². The van der Waals surface area contributed by atoms with Crippen LogP contribution in [0.2, 0.25) is 0 Å². The highest BCUT2D eigenvalue weighted by atomic mass is 19.1. The van der Waals surface area contributed by atoms with Crippen molar-refractivity contribution in [2.75, 3.05) is 6.54 Å². The summed E-state index contributed by atoms with van der Waals surface area (Å²) in [5.41, 5.74) is 4.10. The van der Waals surface area contributed by atoms with E-state index in [2.05, 4.69) is 15.8 Å². The minimum Gasteiger partial charge on any atom is -0.488 e. The third kappa shape index (κ3) is 6.78. The van der Waals surface area contributed by atoms with Crippen molar-refractivity contribution in [3.8, 4) is 5.75 Å². The largest absolute Gasteiger partial charge is 0.488 e. The molecule has 2 amide bonds. The van der Waals surface area contributed by atoms with Gasteiger partial charge in [0.05, 0.1) is 11.8 Å². The third-order valence-electron chi connectivity index (χ3n) is 4.31. The number of carbonyl (C=O) groups is 2. The van der Waals surface area contributed by atoms with Crippen LogP contribution in [0.4, 0.5) is 4.39 Å². The van der Waals surface area contributed by atoms with Crippen LogP contribution in [0.3, 0.4) is 0 Å². The monoisotopic (exact) mass is 419 g/mol. The standard InChI is InChI=1S/C24H22FN3O3/c25-21-12-6-5-11-20(21)24(30)26-15-14-23(29)28-27-16-19-10-4-7-13-22(19)31-17-18-8-2-1-3-9-18/h1-13,16H,14-15,17H2,(H,26,30)(H,28,29). The van der Waals surface area contributed by atoms with E-state index in [1.54, 1.807) is 6.07 Å². The van der Waals surface area contributed by atoms with Gasteiger partial charge in [-0.05, 0) is 29.8 Å². The molecule has 0 saturated carbocycles. The van der Waals surface area contributed by atoms with Crippen LogP contribution in [0.1, 0.15) is 27.9 Å². The van der Waals surface area contributed by atoms with Crippen LogP contribution in [-0.4, -0.2) is 24.6 Å². The van der Waals surface area contributed by atoms with Gasteiger partial charge in [0.1, 0.15) is 18.2 Å². The van der Waals surface area contributed by atoms with Crippen molar-refractivity contribution < 1.29 is 18.7 Å². The van der Waals surface area contributed by atoms with E-state index >= 15 is 0 Å². The molecule has 0 spiro atoms. The number of amides is 2. The molecule has 3 aromatic carbocycles. The highest BCUT2D eigenvalue weighted by Crippen LogP contribution is 2.17. The topological polar surface area (TPSA) is 79.8 Å². The Hall–Kier alpha value is -4.00. The fourth-order valence-corrected chi connectivity index (χ4v) is 2.71. The van der Waals surface area contributed by atoms with E-state index in [1.807, 2.05) is 54.6 Å². The first-order valence-corrected chi connectivity index (χ1v) is 9.74. The summed E-state index contributed by atoms with van der Waals surface area (Å²) in [5.74, 6) is -0.921. The van der Waals surface area contributed by atoms with E-state index in [9.17, 15) is 14.0 Å². The van der Waals surface area contributed by atoms with Gasteiger partial charge in [-0.2, -0.15) is 5.10 Å². The lowest BCUT2D eigenvalue weighted by atomic mass is 10.2. The molecule has 0 atom stereocenters. The van der Waals surface area contributed by atoms with E-state index in [-0.39, 0.29) is 24.4 Å². The summed E-state index contributed by atoms with van der Waals surface area (Å²) in [6.07, 6.45) is 1.50. The molecule has 0 aliphatic heterocycles. The summed E-state index contributed by atoms with van der Waals surface area (Å²) in [4.78, 5) is 23.9. The van der Waals surface area contributed by atoms with Crippen molar-refractivity contribution in [2.24, 2.45) is 5.10 Å². The van der Waals surface area contributed by atoms with E-state index in [4.69, 9.17) is 4.74 Å². The van der Waals surface area contributed by atoms with Crippen LogP contribution in [0.25, 0.3) is 0 Å². The molecule has 0 heterocycles. The van der Waals surface area contributed by atoms with Gasteiger partial charge in [0.15, 0.2) is 0 Å². The minimum absolute atomic E-state index is 0.00366. The van der Waals surface area contributed by atoms with Gasteiger partial charge < -0.3 is 10.1 Å². The number of rotatable bonds is 9. The smallest absolute Gasteiger partial charge is 0.254 e. The normalized spacial score (nSPS) is 10.6. The number of carbonyl (C=O) groups excluding carboxylic acids is 2. The first-order valence-electron chi connectivity index (χ1n) is 9.74. The second-order valence-electron chi connectivity index (χ2n) is 6.59. The number of halogens is 1. The number of nitrogens with zero attached hydrogens (tertiary/aromatic N) is 1. The predicted molar refractivity (Wildman–Crippen MR) is 116 cm³/mol. The van der Waals surface area contributed by atoms with Crippen LogP contribution in [-0.2, 0) is 11.4 Å². The van der Waals surface area contributed by atoms with Crippen molar-refractivity contribution in [1.82, 2.24) is 10.7 Å². The summed E-state index contributed by atoms with van der Waals surface area (Å²) in [7, 11) is 0. The van der Waals surface area contributed by atoms with Gasteiger partial charge >= 0.3 is 0 Å². The molecule has 3 aromatic rings. The highest BCUT2D eigenvalue weighted by molar-refractivity contribution is 5.94. The molecule has 0 fully saturated rings. The zero-order valence-electron chi connectivity index (χ0n) is 16.8. The predicted octanol–water partition coefficient (Wildman–Crippen LogP) is 3.67. The van der Waals surface area contributed by atoms with Crippen molar-refractivity contribution in [3.63, 3.8) is 0 Å². The summed E-state index contributed by atoms with van der Waals surface area (Å²) in [5, 5.41) is 6.46. The highest BCUT2D eigenvalue weighted by Gasteiger charge is 2.10. The van der Waals surface area contributed by atoms with Crippen LogP contribution in [0.5, 0.6) is 5.75 Å². The van der Waals surface area contributed by atoms with Gasteiger partial charge in [-0.1, -0.05) is 54.6 Å². The molecular formula is C24H22FN3O3. The lowest BCUT2D eigenvalue weighted by Gasteiger charge is -2.09. The number of benzene rings is 3. The van der Waals surface area contributed by atoms with E-state index in [0.29, 0.717) is 17.9 Å². The van der Waals surface area contributed by atoms with E-state index in [0.717, 1.165) is 5.56 Å². The lowest BCUT2D eigenvalue weighted by molar-refractivity contribution is -0.120. The fraction of sp³-hybridized carbons (Fsp3) is 0.125. The third-order valence-corrected chi connectivity index (χ3v) is 4.31. The van der Waals surface area contributed by atoms with Gasteiger partial charge in [0.2, 0.25) is 5.91 Å². The first kappa shape index (κ1) is 21.7. The number of nitrogens with one attached hydrogen (secondary N) is 2. The maximum Gasteiger partial charge on any atom is 0.254 e. The maximum atomic E-state index is 13.6. The molecule has 158 valence electrons. The molecule has 0 aliphatic rings. The van der Waals surface area contributed by atoms with Crippen LogP contribution < -0.4 is 15.5 Å². The Bertz CT molecular complexity index is 1050.